The fourth-order valence-electron chi connectivity index (χ4n) is 1.12. The number of hydrogen-bond donors (Lipinski definition) is 0. The predicted molar refractivity (Wildman–Crippen MR) is 55.7 cm³/mol. The summed E-state index contributed by atoms with van der Waals surface area (Å²) in [7, 11) is 1.69. The van der Waals surface area contributed by atoms with E-state index in [1.54, 1.807) is 13.3 Å². The van der Waals surface area contributed by atoms with E-state index in [9.17, 15) is 0 Å². The van der Waals surface area contributed by atoms with Gasteiger partial charge in [-0.1, -0.05) is 0 Å². The number of hydrogen-bond acceptors (Lipinski definition) is 3. The van der Waals surface area contributed by atoms with Crippen LogP contribution in [0.5, 0.6) is 0 Å². The number of alkyl halides is 1. The van der Waals surface area contributed by atoms with E-state index in [2.05, 4.69) is 4.98 Å². The van der Waals surface area contributed by atoms with E-state index in [1.807, 2.05) is 13.8 Å². The van der Waals surface area contributed by atoms with E-state index >= 15 is 0 Å². The lowest BCUT2D eigenvalue weighted by molar-refractivity contribution is 0.0190. The number of nitrogens with zero attached hydrogens (tertiary/aromatic N) is 1. The first-order chi connectivity index (χ1) is 6.57. The second kappa shape index (κ2) is 4.80. The zero-order valence-corrected chi connectivity index (χ0v) is 9.60. The minimum absolute atomic E-state index is 0.211. The summed E-state index contributed by atoms with van der Waals surface area (Å²) in [5.74, 6) is 2.08. The third-order valence-electron chi connectivity index (χ3n) is 2.06. The Balaban J connectivity index is 2.59. The highest BCUT2D eigenvalue weighted by molar-refractivity contribution is 6.17. The first-order valence-electron chi connectivity index (χ1n) is 4.62. The average Bonchev–Trinajstić information content (AvgIpc) is 2.53. The number of halogens is 1. The van der Waals surface area contributed by atoms with Crippen LogP contribution in [0, 0.1) is 0 Å². The molecule has 0 N–H and O–H groups in total. The van der Waals surface area contributed by atoms with Gasteiger partial charge < -0.3 is 9.15 Å². The molecule has 80 valence electrons. The molecule has 0 saturated carbocycles. The molecule has 3 nitrogen and oxygen atoms in total. The molecule has 0 fully saturated rings. The lowest BCUT2D eigenvalue weighted by Crippen LogP contribution is -2.25. The van der Waals surface area contributed by atoms with Gasteiger partial charge in [-0.15, -0.1) is 11.6 Å². The molecule has 1 rings (SSSR count). The van der Waals surface area contributed by atoms with Gasteiger partial charge in [-0.05, 0) is 13.8 Å². The summed E-state index contributed by atoms with van der Waals surface area (Å²) in [5.41, 5.74) is -0.211. The van der Waals surface area contributed by atoms with Gasteiger partial charge in [0, 0.05) is 25.8 Å². The van der Waals surface area contributed by atoms with Crippen molar-refractivity contribution in [2.75, 3.05) is 13.0 Å². The molecule has 0 unspecified atom stereocenters. The molecule has 14 heavy (non-hydrogen) atoms. The molecule has 0 atom stereocenters. The Kier molecular flexibility index (Phi) is 3.96. The molecule has 0 aliphatic carbocycles. The SMILES string of the molecule is COC(C)(C)Cc1cnc(CCCl)o1. The quantitative estimate of drug-likeness (QED) is 0.711. The molecule has 0 aliphatic heterocycles. The lowest BCUT2D eigenvalue weighted by Gasteiger charge is -2.20. The van der Waals surface area contributed by atoms with E-state index in [0.29, 0.717) is 18.2 Å². The van der Waals surface area contributed by atoms with Crippen LogP contribution in [-0.4, -0.2) is 23.6 Å². The van der Waals surface area contributed by atoms with Crippen molar-refractivity contribution in [3.63, 3.8) is 0 Å². The van der Waals surface area contributed by atoms with Crippen molar-refractivity contribution in [3.8, 4) is 0 Å². The predicted octanol–water partition coefficient (Wildman–Crippen LogP) is 2.42. The van der Waals surface area contributed by atoms with Crippen molar-refractivity contribution in [1.82, 2.24) is 4.98 Å². The Morgan fingerprint density at radius 3 is 2.86 bits per heavy atom. The molecule has 4 heteroatoms. The normalized spacial score (nSPS) is 12.0. The topological polar surface area (TPSA) is 35.3 Å². The van der Waals surface area contributed by atoms with Crippen molar-refractivity contribution in [2.24, 2.45) is 0 Å². The van der Waals surface area contributed by atoms with Crippen LogP contribution in [0.4, 0.5) is 0 Å². The molecule has 1 heterocycles. The van der Waals surface area contributed by atoms with Gasteiger partial charge in [0.05, 0.1) is 11.8 Å². The Hall–Kier alpha value is -0.540. The standard InChI is InChI=1S/C10H16ClNO2/c1-10(2,13-3)6-8-7-12-9(14-8)4-5-11/h7H,4-6H2,1-3H3. The van der Waals surface area contributed by atoms with Gasteiger partial charge >= 0.3 is 0 Å². The highest BCUT2D eigenvalue weighted by atomic mass is 35.5. The van der Waals surface area contributed by atoms with Crippen molar-refractivity contribution in [2.45, 2.75) is 32.3 Å². The van der Waals surface area contributed by atoms with Crippen LogP contribution in [0.3, 0.4) is 0 Å². The second-order valence-electron chi connectivity index (χ2n) is 3.80. The molecule has 0 amide bonds. The minimum atomic E-state index is -0.211. The zero-order chi connectivity index (χ0) is 10.6. The zero-order valence-electron chi connectivity index (χ0n) is 8.84. The summed E-state index contributed by atoms with van der Waals surface area (Å²) in [5, 5.41) is 0. The lowest BCUT2D eigenvalue weighted by atomic mass is 10.0. The average molecular weight is 218 g/mol. The highest BCUT2D eigenvalue weighted by Gasteiger charge is 2.19. The van der Waals surface area contributed by atoms with Gasteiger partial charge in [-0.3, -0.25) is 0 Å². The van der Waals surface area contributed by atoms with Gasteiger partial charge in [0.15, 0.2) is 5.89 Å². The molecule has 0 bridgehead atoms. The Labute approximate surface area is 89.4 Å². The molecule has 0 saturated heterocycles. The third-order valence-corrected chi connectivity index (χ3v) is 2.25. The maximum atomic E-state index is 5.58. The smallest absolute Gasteiger partial charge is 0.195 e. The maximum absolute atomic E-state index is 5.58. The van der Waals surface area contributed by atoms with Gasteiger partial charge in [0.1, 0.15) is 5.76 Å². The van der Waals surface area contributed by atoms with E-state index in [-0.39, 0.29) is 5.60 Å². The fourth-order valence-corrected chi connectivity index (χ4v) is 1.28. The molecule has 0 radical (unpaired) electrons. The Morgan fingerprint density at radius 1 is 1.57 bits per heavy atom. The molecule has 0 spiro atoms. The summed E-state index contributed by atoms with van der Waals surface area (Å²) < 4.78 is 10.8. The van der Waals surface area contributed by atoms with Crippen LogP contribution < -0.4 is 0 Å². The number of rotatable bonds is 5. The molecule has 1 aromatic rings. The summed E-state index contributed by atoms with van der Waals surface area (Å²) in [4.78, 5) is 4.12. The molecule has 0 aromatic carbocycles. The second-order valence-corrected chi connectivity index (χ2v) is 4.18. The Morgan fingerprint density at radius 2 is 2.29 bits per heavy atom. The number of oxazole rings is 1. The fraction of sp³-hybridized carbons (Fsp3) is 0.700. The van der Waals surface area contributed by atoms with E-state index in [0.717, 1.165) is 12.2 Å². The van der Waals surface area contributed by atoms with Gasteiger partial charge in [0.25, 0.3) is 0 Å². The summed E-state index contributed by atoms with van der Waals surface area (Å²) in [6.07, 6.45) is 3.14. The summed E-state index contributed by atoms with van der Waals surface area (Å²) >= 11 is 5.58. The van der Waals surface area contributed by atoms with Gasteiger partial charge in [-0.25, -0.2) is 4.98 Å². The van der Waals surface area contributed by atoms with Gasteiger partial charge in [-0.2, -0.15) is 0 Å². The van der Waals surface area contributed by atoms with Crippen LogP contribution in [0.1, 0.15) is 25.5 Å². The summed E-state index contributed by atoms with van der Waals surface area (Å²) in [6.45, 7) is 4.02. The first-order valence-corrected chi connectivity index (χ1v) is 5.15. The van der Waals surface area contributed by atoms with Crippen molar-refractivity contribution in [1.29, 1.82) is 0 Å². The van der Waals surface area contributed by atoms with Crippen LogP contribution >= 0.6 is 11.6 Å². The first kappa shape index (κ1) is 11.5. The van der Waals surface area contributed by atoms with Crippen LogP contribution in [0.25, 0.3) is 0 Å². The third kappa shape index (κ3) is 3.31. The number of ether oxygens (including phenoxy) is 1. The monoisotopic (exact) mass is 217 g/mol. The maximum Gasteiger partial charge on any atom is 0.195 e. The number of aryl methyl sites for hydroxylation is 1. The molecular weight excluding hydrogens is 202 g/mol. The van der Waals surface area contributed by atoms with E-state index in [1.165, 1.54) is 0 Å². The molecule has 0 aliphatic rings. The minimum Gasteiger partial charge on any atom is -0.446 e. The van der Waals surface area contributed by atoms with Crippen molar-refractivity contribution < 1.29 is 9.15 Å². The van der Waals surface area contributed by atoms with Crippen LogP contribution in [-0.2, 0) is 17.6 Å². The number of methoxy groups -OCH3 is 1. The van der Waals surface area contributed by atoms with E-state index < -0.39 is 0 Å². The number of aromatic nitrogens is 1. The molecular formula is C10H16ClNO2. The van der Waals surface area contributed by atoms with Crippen molar-refractivity contribution >= 4 is 11.6 Å². The summed E-state index contributed by atoms with van der Waals surface area (Å²) in [6, 6.07) is 0. The highest BCUT2D eigenvalue weighted by Crippen LogP contribution is 2.16. The largest absolute Gasteiger partial charge is 0.446 e. The van der Waals surface area contributed by atoms with Crippen LogP contribution in [0.2, 0.25) is 0 Å². The van der Waals surface area contributed by atoms with Crippen molar-refractivity contribution in [3.05, 3.63) is 17.8 Å². The van der Waals surface area contributed by atoms with Crippen LogP contribution in [0.15, 0.2) is 10.6 Å². The molecule has 1 aromatic heterocycles. The van der Waals surface area contributed by atoms with E-state index in [4.69, 9.17) is 20.8 Å². The van der Waals surface area contributed by atoms with Gasteiger partial charge in [0.2, 0.25) is 0 Å². The Bertz CT molecular complexity index is 283.